The van der Waals surface area contributed by atoms with Crippen LogP contribution in [0, 0.1) is 11.8 Å². The number of rotatable bonds is 9. The van der Waals surface area contributed by atoms with E-state index in [1.54, 1.807) is 6.92 Å². The smallest absolute Gasteiger partial charge is 0.324 e. The van der Waals surface area contributed by atoms with Crippen LogP contribution in [-0.4, -0.2) is 24.1 Å². The predicted octanol–water partition coefficient (Wildman–Crippen LogP) is 2.54. The van der Waals surface area contributed by atoms with Gasteiger partial charge in [-0.3, -0.25) is 14.4 Å². The van der Waals surface area contributed by atoms with Gasteiger partial charge in [0.2, 0.25) is 0 Å². The topological polar surface area (TPSA) is 60.4 Å². The van der Waals surface area contributed by atoms with Crippen LogP contribution in [-0.2, 0) is 19.1 Å². The first-order valence-corrected chi connectivity index (χ1v) is 6.70. The van der Waals surface area contributed by atoms with Gasteiger partial charge in [-0.05, 0) is 26.7 Å². The van der Waals surface area contributed by atoms with Crippen LogP contribution >= 0.6 is 0 Å². The number of ketones is 2. The number of hydrogen-bond donors (Lipinski definition) is 0. The van der Waals surface area contributed by atoms with Gasteiger partial charge in [-0.25, -0.2) is 0 Å². The molecule has 0 radical (unpaired) electrons. The Bertz CT molecular complexity index is 296. The van der Waals surface area contributed by atoms with Crippen molar-refractivity contribution in [1.82, 2.24) is 0 Å². The third-order valence-corrected chi connectivity index (χ3v) is 3.01. The van der Waals surface area contributed by atoms with Crippen molar-refractivity contribution in [2.45, 2.75) is 53.4 Å². The maximum atomic E-state index is 12.2. The lowest BCUT2D eigenvalue weighted by atomic mass is 9.85. The minimum atomic E-state index is -1.23. The Balaban J connectivity index is 4.82. The van der Waals surface area contributed by atoms with Gasteiger partial charge in [-0.2, -0.15) is 0 Å². The maximum Gasteiger partial charge on any atom is 0.324 e. The summed E-state index contributed by atoms with van der Waals surface area (Å²) in [5.74, 6) is -2.86. The monoisotopic (exact) mass is 256 g/mol. The Hall–Kier alpha value is -1.19. The van der Waals surface area contributed by atoms with Gasteiger partial charge in [0.05, 0.1) is 6.61 Å². The molecule has 1 unspecified atom stereocenters. The van der Waals surface area contributed by atoms with Crippen LogP contribution in [0.15, 0.2) is 0 Å². The molecule has 0 spiro atoms. The summed E-state index contributed by atoms with van der Waals surface area (Å²) in [6.45, 7) is 7.06. The van der Waals surface area contributed by atoms with Gasteiger partial charge in [-0.15, -0.1) is 0 Å². The molecule has 0 aromatic rings. The van der Waals surface area contributed by atoms with E-state index in [1.165, 1.54) is 6.92 Å². The van der Waals surface area contributed by atoms with Gasteiger partial charge >= 0.3 is 5.97 Å². The fourth-order valence-electron chi connectivity index (χ4n) is 1.94. The zero-order chi connectivity index (χ0) is 14.1. The van der Waals surface area contributed by atoms with Gasteiger partial charge in [0, 0.05) is 5.92 Å². The molecule has 2 atom stereocenters. The summed E-state index contributed by atoms with van der Waals surface area (Å²) in [7, 11) is 0. The molecule has 0 aromatic heterocycles. The van der Waals surface area contributed by atoms with Crippen LogP contribution in [0.2, 0.25) is 0 Å². The molecule has 104 valence electrons. The number of hydrogen-bond acceptors (Lipinski definition) is 4. The molecule has 18 heavy (non-hydrogen) atoms. The highest BCUT2D eigenvalue weighted by Gasteiger charge is 2.35. The lowest BCUT2D eigenvalue weighted by molar-refractivity contribution is -0.155. The lowest BCUT2D eigenvalue weighted by Crippen LogP contribution is -2.36. The van der Waals surface area contributed by atoms with Crippen LogP contribution in [0.5, 0.6) is 0 Å². The van der Waals surface area contributed by atoms with Crippen molar-refractivity contribution in [2.24, 2.45) is 11.8 Å². The highest BCUT2D eigenvalue weighted by molar-refractivity contribution is 6.17. The number of carbonyl (C=O) groups excluding carboxylic acids is 3. The molecule has 4 nitrogen and oxygen atoms in total. The summed E-state index contributed by atoms with van der Waals surface area (Å²) in [5.41, 5.74) is 0. The fraction of sp³-hybridized carbons (Fsp3) is 0.786. The summed E-state index contributed by atoms with van der Waals surface area (Å²) < 4.78 is 4.80. The molecule has 4 heteroatoms. The number of Topliss-reactive ketones (excluding diaryl/α,β-unsaturated/α-hetero) is 2. The number of carbonyl (C=O) groups is 3. The molecular formula is C14H24O4. The molecule has 0 aromatic carbocycles. The molecule has 0 N–H and O–H groups in total. The van der Waals surface area contributed by atoms with E-state index in [-0.39, 0.29) is 18.3 Å². The molecule has 0 saturated heterocycles. The van der Waals surface area contributed by atoms with Crippen molar-refractivity contribution >= 4 is 17.5 Å². The highest BCUT2D eigenvalue weighted by Crippen LogP contribution is 2.20. The number of ether oxygens (including phenoxy) is 1. The second-order valence-electron chi connectivity index (χ2n) is 4.45. The molecular weight excluding hydrogens is 232 g/mol. The van der Waals surface area contributed by atoms with E-state index in [0.717, 1.165) is 19.3 Å². The lowest BCUT2D eigenvalue weighted by Gasteiger charge is -2.18. The van der Waals surface area contributed by atoms with Crippen LogP contribution < -0.4 is 0 Å². The van der Waals surface area contributed by atoms with Crippen LogP contribution in [0.25, 0.3) is 0 Å². The van der Waals surface area contributed by atoms with Gasteiger partial charge in [0.25, 0.3) is 0 Å². The maximum absolute atomic E-state index is 12.2. The van der Waals surface area contributed by atoms with Crippen molar-refractivity contribution < 1.29 is 19.1 Å². The second kappa shape index (κ2) is 8.84. The minimum absolute atomic E-state index is 0.182. The molecule has 0 bridgehead atoms. The summed E-state index contributed by atoms with van der Waals surface area (Å²) in [6, 6.07) is 0. The first-order chi connectivity index (χ1) is 8.49. The van der Waals surface area contributed by atoms with E-state index in [1.807, 2.05) is 13.8 Å². The van der Waals surface area contributed by atoms with Crippen LogP contribution in [0.4, 0.5) is 0 Å². The summed E-state index contributed by atoms with van der Waals surface area (Å²) >= 11 is 0. The first kappa shape index (κ1) is 16.8. The van der Waals surface area contributed by atoms with E-state index >= 15 is 0 Å². The van der Waals surface area contributed by atoms with E-state index in [4.69, 9.17) is 4.74 Å². The van der Waals surface area contributed by atoms with Gasteiger partial charge in [0.15, 0.2) is 17.5 Å². The highest BCUT2D eigenvalue weighted by atomic mass is 16.5. The molecule has 0 aliphatic rings. The molecule has 0 rings (SSSR count). The van der Waals surface area contributed by atoms with Crippen molar-refractivity contribution in [3.05, 3.63) is 0 Å². The van der Waals surface area contributed by atoms with E-state index in [0.29, 0.717) is 6.42 Å². The minimum Gasteiger partial charge on any atom is -0.465 e. The fourth-order valence-corrected chi connectivity index (χ4v) is 1.94. The molecule has 0 fully saturated rings. The normalized spacial score (nSPS) is 13.8. The Morgan fingerprint density at radius 3 is 2.11 bits per heavy atom. The first-order valence-electron chi connectivity index (χ1n) is 6.70. The number of esters is 1. The summed E-state index contributed by atoms with van der Waals surface area (Å²) in [4.78, 5) is 35.3. The predicted molar refractivity (Wildman–Crippen MR) is 69.1 cm³/mol. The SMILES string of the molecule is CCCC[C@@H](CC)C(=O)C(C(C)=O)C(=O)OCC. The quantitative estimate of drug-likeness (QED) is 0.470. The third-order valence-electron chi connectivity index (χ3n) is 3.01. The Kier molecular flexibility index (Phi) is 8.25. The standard InChI is InChI=1S/C14H24O4/c1-5-8-9-11(6-2)13(16)12(10(4)15)14(17)18-7-3/h11-12H,5-9H2,1-4H3/t11-,12?/m1/s1. The average molecular weight is 256 g/mol. The van der Waals surface area contributed by atoms with E-state index in [2.05, 4.69) is 0 Å². The average Bonchev–Trinajstić information content (AvgIpc) is 2.30. The van der Waals surface area contributed by atoms with Crippen molar-refractivity contribution in [1.29, 1.82) is 0 Å². The third kappa shape index (κ3) is 4.98. The van der Waals surface area contributed by atoms with Gasteiger partial charge in [-0.1, -0.05) is 26.7 Å². The van der Waals surface area contributed by atoms with Crippen molar-refractivity contribution in [3.63, 3.8) is 0 Å². The summed E-state index contributed by atoms with van der Waals surface area (Å²) in [6.07, 6.45) is 3.31. The van der Waals surface area contributed by atoms with Gasteiger partial charge < -0.3 is 4.74 Å². The van der Waals surface area contributed by atoms with Gasteiger partial charge in [0.1, 0.15) is 0 Å². The zero-order valence-corrected chi connectivity index (χ0v) is 11.8. The molecule has 0 saturated carbocycles. The van der Waals surface area contributed by atoms with Crippen LogP contribution in [0.1, 0.15) is 53.4 Å². The Morgan fingerprint density at radius 1 is 1.11 bits per heavy atom. The van der Waals surface area contributed by atoms with Crippen molar-refractivity contribution in [2.75, 3.05) is 6.61 Å². The molecule has 0 aliphatic carbocycles. The second-order valence-corrected chi connectivity index (χ2v) is 4.45. The molecule has 0 heterocycles. The molecule has 0 aliphatic heterocycles. The largest absolute Gasteiger partial charge is 0.465 e. The Labute approximate surface area is 109 Å². The Morgan fingerprint density at radius 2 is 1.72 bits per heavy atom. The molecule has 0 amide bonds. The zero-order valence-electron chi connectivity index (χ0n) is 11.8. The van der Waals surface area contributed by atoms with E-state index in [9.17, 15) is 14.4 Å². The van der Waals surface area contributed by atoms with E-state index < -0.39 is 17.7 Å². The van der Waals surface area contributed by atoms with Crippen LogP contribution in [0.3, 0.4) is 0 Å². The van der Waals surface area contributed by atoms with Crippen molar-refractivity contribution in [3.8, 4) is 0 Å². The summed E-state index contributed by atoms with van der Waals surface area (Å²) in [5, 5.41) is 0. The number of unbranched alkanes of at least 4 members (excludes halogenated alkanes) is 1.